The highest BCUT2D eigenvalue weighted by Gasteiger charge is 2.39. The van der Waals surface area contributed by atoms with E-state index in [9.17, 15) is 0 Å². The molecule has 2 bridgehead atoms. The molecule has 3 fully saturated rings. The summed E-state index contributed by atoms with van der Waals surface area (Å²) in [6.45, 7) is 4.84. The zero-order valence-corrected chi connectivity index (χ0v) is 15.2. The van der Waals surface area contributed by atoms with Crippen molar-refractivity contribution in [2.75, 3.05) is 18.4 Å². The first kappa shape index (κ1) is 15.3. The molecule has 5 heteroatoms. The third-order valence-corrected chi connectivity index (χ3v) is 6.88. The second kappa shape index (κ2) is 6.07. The molecule has 2 aromatic heterocycles. The Balaban J connectivity index is 1.39. The summed E-state index contributed by atoms with van der Waals surface area (Å²) >= 11 is 1.76. The number of benzene rings is 1. The Morgan fingerprint density at radius 1 is 1.08 bits per heavy atom. The molecule has 6 rings (SSSR count). The molecule has 1 aromatic carbocycles. The lowest BCUT2D eigenvalue weighted by Crippen LogP contribution is -2.59. The Morgan fingerprint density at radius 2 is 1.92 bits per heavy atom. The number of hydrogen-bond donors (Lipinski definition) is 1. The highest BCUT2D eigenvalue weighted by atomic mass is 32.1. The summed E-state index contributed by atoms with van der Waals surface area (Å²) in [4.78, 5) is 2.59. The molecule has 0 spiro atoms. The first-order valence-electron chi connectivity index (χ1n) is 9.10. The molecule has 0 radical (unpaired) electrons. The Kier molecular flexibility index (Phi) is 3.71. The van der Waals surface area contributed by atoms with E-state index in [-0.39, 0.29) is 0 Å². The van der Waals surface area contributed by atoms with Gasteiger partial charge >= 0.3 is 0 Å². The van der Waals surface area contributed by atoms with Gasteiger partial charge in [0.25, 0.3) is 0 Å². The van der Waals surface area contributed by atoms with Crippen molar-refractivity contribution in [1.82, 2.24) is 15.1 Å². The SMILES string of the molecule is C[C@@H]1[C@H](Nc2ccc(-c3csc4ccccc34)nn2)C2CCN1CC2. The topological polar surface area (TPSA) is 41.1 Å². The van der Waals surface area contributed by atoms with E-state index < -0.39 is 0 Å². The summed E-state index contributed by atoms with van der Waals surface area (Å²) in [5, 5.41) is 16.1. The van der Waals surface area contributed by atoms with Crippen molar-refractivity contribution in [1.29, 1.82) is 0 Å². The maximum absolute atomic E-state index is 4.50. The van der Waals surface area contributed by atoms with Crippen molar-refractivity contribution in [2.45, 2.75) is 31.8 Å². The van der Waals surface area contributed by atoms with Gasteiger partial charge in [0.1, 0.15) is 5.82 Å². The Labute approximate surface area is 151 Å². The van der Waals surface area contributed by atoms with Crippen LogP contribution in [0.1, 0.15) is 19.8 Å². The second-order valence-corrected chi connectivity index (χ2v) is 8.14. The average Bonchev–Trinajstić information content (AvgIpc) is 3.10. The number of fused-ring (bicyclic) bond motifs is 4. The number of nitrogens with zero attached hydrogens (tertiary/aromatic N) is 3. The zero-order valence-electron chi connectivity index (χ0n) is 14.4. The van der Waals surface area contributed by atoms with Crippen LogP contribution < -0.4 is 5.32 Å². The average molecular weight is 350 g/mol. The lowest BCUT2D eigenvalue weighted by Gasteiger charge is -2.50. The molecule has 25 heavy (non-hydrogen) atoms. The largest absolute Gasteiger partial charge is 0.364 e. The van der Waals surface area contributed by atoms with Crippen molar-refractivity contribution < 1.29 is 0 Å². The maximum atomic E-state index is 4.50. The molecule has 3 aliphatic rings. The molecule has 5 heterocycles. The van der Waals surface area contributed by atoms with Gasteiger partial charge in [-0.1, -0.05) is 18.2 Å². The molecule has 3 aliphatic heterocycles. The van der Waals surface area contributed by atoms with Crippen molar-refractivity contribution in [2.24, 2.45) is 5.92 Å². The van der Waals surface area contributed by atoms with Crippen molar-refractivity contribution in [3.63, 3.8) is 0 Å². The third-order valence-electron chi connectivity index (χ3n) is 5.91. The normalized spacial score (nSPS) is 28.4. The fourth-order valence-electron chi connectivity index (χ4n) is 4.45. The summed E-state index contributed by atoms with van der Waals surface area (Å²) in [5.41, 5.74) is 2.13. The molecular weight excluding hydrogens is 328 g/mol. The van der Waals surface area contributed by atoms with E-state index in [1.54, 1.807) is 11.3 Å². The highest BCUT2D eigenvalue weighted by molar-refractivity contribution is 7.17. The zero-order chi connectivity index (χ0) is 16.8. The van der Waals surface area contributed by atoms with Gasteiger partial charge in [0.05, 0.1) is 5.69 Å². The van der Waals surface area contributed by atoms with E-state index >= 15 is 0 Å². The highest BCUT2D eigenvalue weighted by Crippen LogP contribution is 2.35. The summed E-state index contributed by atoms with van der Waals surface area (Å²) < 4.78 is 1.29. The van der Waals surface area contributed by atoms with E-state index in [1.807, 2.05) is 0 Å². The monoisotopic (exact) mass is 350 g/mol. The van der Waals surface area contributed by atoms with Crippen LogP contribution in [0.3, 0.4) is 0 Å². The molecule has 1 N–H and O–H groups in total. The molecular formula is C20H22N4S. The van der Waals surface area contributed by atoms with Crippen molar-refractivity contribution in [3.05, 3.63) is 41.8 Å². The van der Waals surface area contributed by atoms with Crippen LogP contribution in [0.5, 0.6) is 0 Å². The Bertz CT molecular complexity index is 878. The van der Waals surface area contributed by atoms with E-state index in [2.05, 4.69) is 69.1 Å². The number of aromatic nitrogens is 2. The van der Waals surface area contributed by atoms with Crippen LogP contribution in [0.2, 0.25) is 0 Å². The molecule has 3 aromatic rings. The van der Waals surface area contributed by atoms with Gasteiger partial charge in [-0.25, -0.2) is 0 Å². The van der Waals surface area contributed by atoms with Gasteiger partial charge in [-0.2, -0.15) is 0 Å². The van der Waals surface area contributed by atoms with Gasteiger partial charge < -0.3 is 5.32 Å². The van der Waals surface area contributed by atoms with Gasteiger partial charge in [0.2, 0.25) is 0 Å². The molecule has 3 saturated heterocycles. The maximum Gasteiger partial charge on any atom is 0.148 e. The summed E-state index contributed by atoms with van der Waals surface area (Å²) in [7, 11) is 0. The number of thiophene rings is 1. The number of hydrogen-bond acceptors (Lipinski definition) is 5. The summed E-state index contributed by atoms with van der Waals surface area (Å²) in [6.07, 6.45) is 2.60. The minimum Gasteiger partial charge on any atom is -0.364 e. The quantitative estimate of drug-likeness (QED) is 0.766. The van der Waals surface area contributed by atoms with Gasteiger partial charge in [0.15, 0.2) is 0 Å². The van der Waals surface area contributed by atoms with Crippen molar-refractivity contribution in [3.8, 4) is 11.3 Å². The molecule has 128 valence electrons. The summed E-state index contributed by atoms with van der Waals surface area (Å²) in [6, 6.07) is 13.7. The molecule has 0 aliphatic carbocycles. The number of piperidine rings is 3. The van der Waals surface area contributed by atoms with Crippen LogP contribution in [0, 0.1) is 5.92 Å². The molecule has 0 saturated carbocycles. The third kappa shape index (κ3) is 2.62. The predicted octanol–water partition coefficient (Wildman–Crippen LogP) is 4.25. The van der Waals surface area contributed by atoms with Gasteiger partial charge in [-0.3, -0.25) is 4.90 Å². The molecule has 4 nitrogen and oxygen atoms in total. The smallest absolute Gasteiger partial charge is 0.148 e. The second-order valence-electron chi connectivity index (χ2n) is 7.23. The van der Waals surface area contributed by atoms with E-state index in [0.717, 1.165) is 17.4 Å². The fourth-order valence-corrected chi connectivity index (χ4v) is 5.40. The van der Waals surface area contributed by atoms with Crippen LogP contribution in [-0.2, 0) is 0 Å². The molecule has 0 unspecified atom stereocenters. The fraction of sp³-hybridized carbons (Fsp3) is 0.400. The predicted molar refractivity (Wildman–Crippen MR) is 104 cm³/mol. The minimum atomic E-state index is 0.490. The molecule has 0 amide bonds. The van der Waals surface area contributed by atoms with E-state index in [4.69, 9.17) is 0 Å². The van der Waals surface area contributed by atoms with Crippen molar-refractivity contribution >= 4 is 27.2 Å². The number of anilines is 1. The molecule has 2 atom stereocenters. The first-order chi connectivity index (χ1) is 12.3. The van der Waals surface area contributed by atoms with Gasteiger partial charge in [-0.05, 0) is 57.0 Å². The lowest BCUT2D eigenvalue weighted by molar-refractivity contribution is 0.0457. The van der Waals surface area contributed by atoms with E-state index in [0.29, 0.717) is 12.1 Å². The van der Waals surface area contributed by atoms with Crippen LogP contribution in [-0.4, -0.2) is 40.3 Å². The number of rotatable bonds is 3. The van der Waals surface area contributed by atoms with Gasteiger partial charge in [0, 0.05) is 33.1 Å². The Hall–Kier alpha value is -1.98. The minimum absolute atomic E-state index is 0.490. The first-order valence-corrected chi connectivity index (χ1v) is 9.98. The van der Waals surface area contributed by atoms with Crippen LogP contribution in [0.15, 0.2) is 41.8 Å². The standard InChI is InChI=1S/C20H22N4S/c1-13-20(14-8-10-24(13)11-9-14)21-19-7-6-17(22-23-19)16-12-25-18-5-3-2-4-15(16)18/h2-7,12-14,20H,8-11H2,1H3,(H,21,23)/t13-,20+/m1/s1. The summed E-state index contributed by atoms with van der Waals surface area (Å²) in [5.74, 6) is 1.66. The number of nitrogens with one attached hydrogen (secondary N) is 1. The van der Waals surface area contributed by atoms with Crippen LogP contribution >= 0.6 is 11.3 Å². The van der Waals surface area contributed by atoms with Crippen LogP contribution in [0.4, 0.5) is 5.82 Å². The van der Waals surface area contributed by atoms with Gasteiger partial charge in [-0.15, -0.1) is 21.5 Å². The van der Waals surface area contributed by atoms with Crippen LogP contribution in [0.25, 0.3) is 21.3 Å². The lowest BCUT2D eigenvalue weighted by atomic mass is 9.79. The Morgan fingerprint density at radius 3 is 2.68 bits per heavy atom. The van der Waals surface area contributed by atoms with E-state index in [1.165, 1.54) is 41.6 Å².